The molecule has 0 aliphatic carbocycles. The third-order valence-corrected chi connectivity index (χ3v) is 6.25. The highest BCUT2D eigenvalue weighted by Crippen LogP contribution is 2.43. The quantitative estimate of drug-likeness (QED) is 0.682. The number of hydrogen-bond acceptors (Lipinski definition) is 5. The molecule has 0 N–H and O–H groups in total. The molecule has 1 fully saturated rings. The molecule has 1 unspecified atom stereocenters. The summed E-state index contributed by atoms with van der Waals surface area (Å²) in [6.07, 6.45) is 2.02. The van der Waals surface area contributed by atoms with Crippen LogP contribution >= 0.6 is 11.8 Å². The number of benzene rings is 2. The van der Waals surface area contributed by atoms with E-state index in [9.17, 15) is 4.79 Å². The maximum Gasteiger partial charge on any atom is 0.233 e. The predicted octanol–water partition coefficient (Wildman–Crippen LogP) is 3.51. The van der Waals surface area contributed by atoms with Crippen LogP contribution in [0.3, 0.4) is 0 Å². The lowest BCUT2D eigenvalue weighted by Crippen LogP contribution is -2.23. The molecule has 0 radical (unpaired) electrons. The van der Waals surface area contributed by atoms with Gasteiger partial charge in [-0.2, -0.15) is 5.10 Å². The van der Waals surface area contributed by atoms with Gasteiger partial charge in [0.2, 0.25) is 5.91 Å². The minimum atomic E-state index is -0.0619. The molecule has 28 heavy (non-hydrogen) atoms. The Kier molecular flexibility index (Phi) is 4.24. The van der Waals surface area contributed by atoms with Crippen LogP contribution in [0.1, 0.15) is 10.9 Å². The molecule has 3 aromatic rings. The Hall–Kier alpha value is -2.93. The van der Waals surface area contributed by atoms with Crippen LogP contribution in [-0.2, 0) is 4.79 Å². The van der Waals surface area contributed by atoms with Crippen molar-refractivity contribution in [2.75, 3.05) is 26.0 Å². The SMILES string of the molecule is CN1C(=O)CSC1c1cn(-c2ccccc2)nc1-c1ccc2c(c1)OCCO2. The summed E-state index contributed by atoms with van der Waals surface area (Å²) in [5, 5.41) is 4.81. The number of carbonyl (C=O) groups excluding carboxylic acids is 1. The highest BCUT2D eigenvalue weighted by atomic mass is 32.2. The van der Waals surface area contributed by atoms with Gasteiger partial charge in [0.05, 0.1) is 17.1 Å². The number of aromatic nitrogens is 2. The molecule has 2 aliphatic heterocycles. The number of fused-ring (bicyclic) bond motifs is 1. The standard InChI is InChI=1S/C21H19N3O3S/c1-23-19(25)13-28-21(23)16-12-24(15-5-3-2-4-6-15)22-20(16)14-7-8-17-18(11-14)27-10-9-26-17/h2-8,11-12,21H,9-10,13H2,1H3. The summed E-state index contributed by atoms with van der Waals surface area (Å²) in [5.41, 5.74) is 3.78. The first-order valence-electron chi connectivity index (χ1n) is 9.13. The molecule has 7 heteroatoms. The lowest BCUT2D eigenvalue weighted by Gasteiger charge is -2.20. The van der Waals surface area contributed by atoms with E-state index in [0.717, 1.165) is 34.0 Å². The topological polar surface area (TPSA) is 56.6 Å². The fourth-order valence-electron chi connectivity index (χ4n) is 3.49. The van der Waals surface area contributed by atoms with Crippen LogP contribution in [0.2, 0.25) is 0 Å². The summed E-state index contributed by atoms with van der Waals surface area (Å²) in [5.74, 6) is 2.10. The summed E-state index contributed by atoms with van der Waals surface area (Å²) >= 11 is 1.62. The van der Waals surface area contributed by atoms with Crippen molar-refractivity contribution in [2.24, 2.45) is 0 Å². The van der Waals surface area contributed by atoms with Gasteiger partial charge >= 0.3 is 0 Å². The van der Waals surface area contributed by atoms with Crippen molar-refractivity contribution in [3.63, 3.8) is 0 Å². The lowest BCUT2D eigenvalue weighted by molar-refractivity contribution is -0.126. The maximum absolute atomic E-state index is 12.1. The third kappa shape index (κ3) is 2.92. The van der Waals surface area contributed by atoms with E-state index in [1.807, 2.05) is 66.5 Å². The Balaban J connectivity index is 1.63. The average molecular weight is 393 g/mol. The summed E-state index contributed by atoms with van der Waals surface area (Å²) < 4.78 is 13.3. The van der Waals surface area contributed by atoms with Crippen LogP contribution in [-0.4, -0.2) is 46.6 Å². The van der Waals surface area contributed by atoms with Gasteiger partial charge < -0.3 is 14.4 Å². The van der Waals surface area contributed by atoms with Crippen molar-refractivity contribution in [3.05, 3.63) is 60.3 Å². The molecular weight excluding hydrogens is 374 g/mol. The minimum absolute atomic E-state index is 0.0619. The van der Waals surface area contributed by atoms with Gasteiger partial charge in [-0.3, -0.25) is 4.79 Å². The van der Waals surface area contributed by atoms with E-state index in [4.69, 9.17) is 14.6 Å². The monoisotopic (exact) mass is 393 g/mol. The molecule has 1 atom stereocenters. The van der Waals surface area contributed by atoms with Gasteiger partial charge in [-0.05, 0) is 30.3 Å². The van der Waals surface area contributed by atoms with Crippen LogP contribution in [0, 0.1) is 0 Å². The van der Waals surface area contributed by atoms with Gasteiger partial charge in [0.15, 0.2) is 11.5 Å². The van der Waals surface area contributed by atoms with Crippen LogP contribution in [0.25, 0.3) is 16.9 Å². The Morgan fingerprint density at radius 1 is 1.07 bits per heavy atom. The summed E-state index contributed by atoms with van der Waals surface area (Å²) in [6, 6.07) is 15.9. The van der Waals surface area contributed by atoms with Gasteiger partial charge in [-0.25, -0.2) is 4.68 Å². The van der Waals surface area contributed by atoms with Gasteiger partial charge in [0.25, 0.3) is 0 Å². The van der Waals surface area contributed by atoms with Crippen molar-refractivity contribution in [2.45, 2.75) is 5.37 Å². The number of ether oxygens (including phenoxy) is 2. The highest BCUT2D eigenvalue weighted by molar-refractivity contribution is 8.00. The lowest BCUT2D eigenvalue weighted by atomic mass is 10.1. The van der Waals surface area contributed by atoms with Crippen LogP contribution in [0.4, 0.5) is 0 Å². The molecule has 1 aromatic heterocycles. The first kappa shape index (κ1) is 17.2. The van der Waals surface area contributed by atoms with Gasteiger partial charge in [-0.15, -0.1) is 11.8 Å². The van der Waals surface area contributed by atoms with Crippen molar-refractivity contribution in [1.29, 1.82) is 0 Å². The van der Waals surface area contributed by atoms with Gasteiger partial charge in [-0.1, -0.05) is 18.2 Å². The number of para-hydroxylation sites is 1. The van der Waals surface area contributed by atoms with E-state index in [-0.39, 0.29) is 11.3 Å². The smallest absolute Gasteiger partial charge is 0.233 e. The molecule has 5 rings (SSSR count). The van der Waals surface area contributed by atoms with Gasteiger partial charge in [0.1, 0.15) is 18.6 Å². The zero-order chi connectivity index (χ0) is 19.1. The largest absolute Gasteiger partial charge is 0.486 e. The van der Waals surface area contributed by atoms with Crippen LogP contribution in [0.15, 0.2) is 54.7 Å². The first-order valence-corrected chi connectivity index (χ1v) is 10.2. The van der Waals surface area contributed by atoms with Crippen molar-refractivity contribution in [3.8, 4) is 28.4 Å². The zero-order valence-corrected chi connectivity index (χ0v) is 16.2. The summed E-state index contributed by atoms with van der Waals surface area (Å²) in [4.78, 5) is 13.9. The van der Waals surface area contributed by atoms with E-state index in [0.29, 0.717) is 19.0 Å². The molecule has 2 aromatic carbocycles. The number of carbonyl (C=O) groups is 1. The molecule has 0 bridgehead atoms. The highest BCUT2D eigenvalue weighted by Gasteiger charge is 2.33. The molecule has 1 amide bonds. The van der Waals surface area contributed by atoms with Crippen molar-refractivity contribution >= 4 is 17.7 Å². The normalized spacial score (nSPS) is 18.5. The van der Waals surface area contributed by atoms with Crippen molar-refractivity contribution in [1.82, 2.24) is 14.7 Å². The van der Waals surface area contributed by atoms with E-state index in [1.165, 1.54) is 0 Å². The Morgan fingerprint density at radius 2 is 1.86 bits per heavy atom. The Bertz CT molecular complexity index is 1030. The molecule has 2 aliphatic rings. The van der Waals surface area contributed by atoms with Crippen LogP contribution < -0.4 is 9.47 Å². The number of nitrogens with zero attached hydrogens (tertiary/aromatic N) is 3. The zero-order valence-electron chi connectivity index (χ0n) is 15.4. The van der Waals surface area contributed by atoms with E-state index < -0.39 is 0 Å². The molecule has 0 spiro atoms. The first-order chi connectivity index (χ1) is 13.7. The molecular formula is C21H19N3O3S. The summed E-state index contributed by atoms with van der Waals surface area (Å²) in [7, 11) is 1.85. The number of thioether (sulfide) groups is 1. The Morgan fingerprint density at radius 3 is 2.61 bits per heavy atom. The molecule has 0 saturated carbocycles. The molecule has 1 saturated heterocycles. The van der Waals surface area contributed by atoms with E-state index in [2.05, 4.69) is 0 Å². The fraction of sp³-hybridized carbons (Fsp3) is 0.238. The van der Waals surface area contributed by atoms with Gasteiger partial charge in [0, 0.05) is 24.4 Å². The predicted molar refractivity (Wildman–Crippen MR) is 108 cm³/mol. The second kappa shape index (κ2) is 6.91. The fourth-order valence-corrected chi connectivity index (χ4v) is 4.69. The van der Waals surface area contributed by atoms with E-state index in [1.54, 1.807) is 16.7 Å². The maximum atomic E-state index is 12.1. The number of rotatable bonds is 3. The summed E-state index contributed by atoms with van der Waals surface area (Å²) in [6.45, 7) is 1.10. The number of amides is 1. The molecule has 6 nitrogen and oxygen atoms in total. The minimum Gasteiger partial charge on any atom is -0.486 e. The number of hydrogen-bond donors (Lipinski definition) is 0. The Labute approximate surface area is 167 Å². The van der Waals surface area contributed by atoms with Crippen LogP contribution in [0.5, 0.6) is 11.5 Å². The third-order valence-electron chi connectivity index (χ3n) is 4.95. The average Bonchev–Trinajstić information content (AvgIpc) is 3.32. The second-order valence-electron chi connectivity index (χ2n) is 6.74. The van der Waals surface area contributed by atoms with E-state index >= 15 is 0 Å². The van der Waals surface area contributed by atoms with Crippen molar-refractivity contribution < 1.29 is 14.3 Å². The second-order valence-corrected chi connectivity index (χ2v) is 7.81. The molecule has 3 heterocycles. The molecule has 142 valence electrons.